The van der Waals surface area contributed by atoms with E-state index >= 15 is 0 Å². The Kier molecular flexibility index (Phi) is 9.08. The largest absolute Gasteiger partial charge is 0.357 e. The first-order valence-electron chi connectivity index (χ1n) is 10.5. The minimum atomic E-state index is -3.24. The van der Waals surface area contributed by atoms with Crippen LogP contribution in [0.5, 0.6) is 0 Å². The molecule has 7 nitrogen and oxygen atoms in total. The molecular weight excluding hydrogens is 407 g/mol. The fourth-order valence-corrected chi connectivity index (χ4v) is 4.51. The second kappa shape index (κ2) is 11.3. The van der Waals surface area contributed by atoms with Crippen molar-refractivity contribution < 1.29 is 17.6 Å². The Morgan fingerprint density at radius 1 is 1.27 bits per heavy atom. The van der Waals surface area contributed by atoms with Crippen LogP contribution in [0.1, 0.15) is 50.7 Å². The van der Waals surface area contributed by atoms with Crippen LogP contribution in [0.2, 0.25) is 0 Å². The zero-order chi connectivity index (χ0) is 22.1. The van der Waals surface area contributed by atoms with Gasteiger partial charge in [-0.05, 0) is 49.4 Å². The minimum absolute atomic E-state index is 0.149. The SMILES string of the molecule is CCNC(=NCc1cc(F)ccc1CS(C)(=O)=O)NCCC(CC)N1CCCC1=O. The van der Waals surface area contributed by atoms with Gasteiger partial charge < -0.3 is 15.5 Å². The van der Waals surface area contributed by atoms with Gasteiger partial charge in [0.2, 0.25) is 5.91 Å². The lowest BCUT2D eigenvalue weighted by atomic mass is 10.1. The van der Waals surface area contributed by atoms with Crippen molar-refractivity contribution in [3.8, 4) is 0 Å². The first-order valence-corrected chi connectivity index (χ1v) is 12.6. The maximum Gasteiger partial charge on any atom is 0.222 e. The number of carbonyl (C=O) groups is 1. The van der Waals surface area contributed by atoms with Crippen LogP contribution in [-0.2, 0) is 26.9 Å². The number of nitrogens with one attached hydrogen (secondary N) is 2. The van der Waals surface area contributed by atoms with Gasteiger partial charge in [-0.25, -0.2) is 17.8 Å². The van der Waals surface area contributed by atoms with Gasteiger partial charge in [-0.3, -0.25) is 4.79 Å². The zero-order valence-electron chi connectivity index (χ0n) is 18.1. The molecule has 0 saturated carbocycles. The average molecular weight is 441 g/mol. The molecule has 0 aromatic heterocycles. The molecule has 9 heteroatoms. The molecule has 0 spiro atoms. The minimum Gasteiger partial charge on any atom is -0.357 e. The van der Waals surface area contributed by atoms with Crippen molar-refractivity contribution in [1.82, 2.24) is 15.5 Å². The van der Waals surface area contributed by atoms with Crippen molar-refractivity contribution in [3.63, 3.8) is 0 Å². The number of guanidine groups is 1. The molecule has 1 aliphatic rings. The van der Waals surface area contributed by atoms with Gasteiger partial charge in [-0.1, -0.05) is 13.0 Å². The van der Waals surface area contributed by atoms with E-state index in [9.17, 15) is 17.6 Å². The highest BCUT2D eigenvalue weighted by Gasteiger charge is 2.26. The van der Waals surface area contributed by atoms with Gasteiger partial charge in [0.15, 0.2) is 15.8 Å². The van der Waals surface area contributed by atoms with Gasteiger partial charge in [0.25, 0.3) is 0 Å². The summed E-state index contributed by atoms with van der Waals surface area (Å²) in [4.78, 5) is 18.5. The highest BCUT2D eigenvalue weighted by Crippen LogP contribution is 2.18. The number of rotatable bonds is 10. The number of halogens is 1. The van der Waals surface area contributed by atoms with Gasteiger partial charge in [-0.15, -0.1) is 0 Å². The Balaban J connectivity index is 2.02. The Morgan fingerprint density at radius 3 is 2.63 bits per heavy atom. The molecule has 2 N–H and O–H groups in total. The Morgan fingerprint density at radius 2 is 2.03 bits per heavy atom. The number of aliphatic imine (C=N–C) groups is 1. The molecule has 1 aromatic rings. The molecule has 1 aliphatic heterocycles. The highest BCUT2D eigenvalue weighted by atomic mass is 32.2. The van der Waals surface area contributed by atoms with Gasteiger partial charge in [0, 0.05) is 38.4 Å². The molecule has 1 unspecified atom stereocenters. The molecule has 1 fully saturated rings. The zero-order valence-corrected chi connectivity index (χ0v) is 18.9. The summed E-state index contributed by atoms with van der Waals surface area (Å²) >= 11 is 0. The second-order valence-corrected chi connectivity index (χ2v) is 9.79. The van der Waals surface area contributed by atoms with Crippen molar-refractivity contribution in [1.29, 1.82) is 0 Å². The molecule has 1 saturated heterocycles. The summed E-state index contributed by atoms with van der Waals surface area (Å²) in [6.45, 7) is 6.34. The third-order valence-corrected chi connectivity index (χ3v) is 5.97. The number of benzene rings is 1. The quantitative estimate of drug-likeness (QED) is 0.430. The Labute approximate surface area is 179 Å². The third-order valence-electron chi connectivity index (χ3n) is 5.13. The predicted octanol–water partition coefficient (Wildman–Crippen LogP) is 2.22. The van der Waals surface area contributed by atoms with Crippen molar-refractivity contribution in [2.75, 3.05) is 25.9 Å². The van der Waals surface area contributed by atoms with Crippen LogP contribution >= 0.6 is 0 Å². The first kappa shape index (κ1) is 24.1. The van der Waals surface area contributed by atoms with E-state index in [0.29, 0.717) is 36.6 Å². The first-order chi connectivity index (χ1) is 14.2. The van der Waals surface area contributed by atoms with Crippen LogP contribution in [0.15, 0.2) is 23.2 Å². The summed E-state index contributed by atoms with van der Waals surface area (Å²) in [7, 11) is -3.24. The number of carbonyl (C=O) groups excluding carboxylic acids is 1. The van der Waals surface area contributed by atoms with Gasteiger partial charge in [-0.2, -0.15) is 0 Å². The number of hydrogen-bond acceptors (Lipinski definition) is 4. The van der Waals surface area contributed by atoms with Crippen LogP contribution in [0.3, 0.4) is 0 Å². The van der Waals surface area contributed by atoms with Crippen molar-refractivity contribution in [2.24, 2.45) is 4.99 Å². The number of nitrogens with zero attached hydrogens (tertiary/aromatic N) is 2. The van der Waals surface area contributed by atoms with E-state index in [0.717, 1.165) is 32.1 Å². The van der Waals surface area contributed by atoms with E-state index in [1.165, 1.54) is 18.2 Å². The fourth-order valence-electron chi connectivity index (χ4n) is 3.66. The topological polar surface area (TPSA) is 90.9 Å². The van der Waals surface area contributed by atoms with Crippen molar-refractivity contribution in [3.05, 3.63) is 35.1 Å². The maximum atomic E-state index is 13.7. The monoisotopic (exact) mass is 440 g/mol. The van der Waals surface area contributed by atoms with Crippen molar-refractivity contribution >= 4 is 21.7 Å². The molecule has 0 radical (unpaired) electrons. The lowest BCUT2D eigenvalue weighted by Crippen LogP contribution is -2.42. The lowest BCUT2D eigenvalue weighted by molar-refractivity contribution is -0.129. The Bertz CT molecular complexity index is 858. The molecule has 1 atom stereocenters. The van der Waals surface area contributed by atoms with Crippen LogP contribution in [-0.4, -0.2) is 57.1 Å². The summed E-state index contributed by atoms with van der Waals surface area (Å²) in [5.41, 5.74) is 1.10. The molecule has 168 valence electrons. The molecule has 30 heavy (non-hydrogen) atoms. The summed E-state index contributed by atoms with van der Waals surface area (Å²) in [6, 6.07) is 4.31. The summed E-state index contributed by atoms with van der Waals surface area (Å²) in [5.74, 6) is 0.238. The second-order valence-electron chi connectivity index (χ2n) is 7.65. The molecule has 1 aromatic carbocycles. The molecule has 1 heterocycles. The number of amides is 1. The van der Waals surface area contributed by atoms with Gasteiger partial charge in [0.05, 0.1) is 12.3 Å². The molecule has 0 aliphatic carbocycles. The predicted molar refractivity (Wildman–Crippen MR) is 117 cm³/mol. The smallest absolute Gasteiger partial charge is 0.222 e. The van der Waals surface area contributed by atoms with E-state index in [4.69, 9.17) is 0 Å². The van der Waals surface area contributed by atoms with E-state index in [2.05, 4.69) is 22.5 Å². The highest BCUT2D eigenvalue weighted by molar-refractivity contribution is 7.89. The fraction of sp³-hybridized carbons (Fsp3) is 0.619. The summed E-state index contributed by atoms with van der Waals surface area (Å²) in [5, 5.41) is 6.42. The Hall–Kier alpha value is -2.16. The van der Waals surface area contributed by atoms with Crippen LogP contribution < -0.4 is 10.6 Å². The molecule has 0 bridgehead atoms. The van der Waals surface area contributed by atoms with Gasteiger partial charge in [0.1, 0.15) is 5.82 Å². The maximum absolute atomic E-state index is 13.7. The van der Waals surface area contributed by atoms with Gasteiger partial charge >= 0.3 is 0 Å². The van der Waals surface area contributed by atoms with Crippen LogP contribution in [0.4, 0.5) is 4.39 Å². The molecular formula is C21H33FN4O3S. The van der Waals surface area contributed by atoms with E-state index in [1.54, 1.807) is 0 Å². The average Bonchev–Trinajstić information content (AvgIpc) is 3.10. The number of sulfone groups is 1. The molecule has 2 rings (SSSR count). The number of hydrogen-bond donors (Lipinski definition) is 2. The van der Waals surface area contributed by atoms with Crippen LogP contribution in [0, 0.1) is 5.82 Å². The van der Waals surface area contributed by atoms with E-state index in [1.807, 2.05) is 11.8 Å². The van der Waals surface area contributed by atoms with E-state index < -0.39 is 15.7 Å². The lowest BCUT2D eigenvalue weighted by Gasteiger charge is -2.27. The standard InChI is InChI=1S/C21H33FN4O3S/c1-4-19(26-12-6-7-20(26)27)10-11-24-21(23-5-2)25-14-17-13-18(22)9-8-16(17)15-30(3,28)29/h8-9,13,19H,4-7,10-12,14-15H2,1-3H3,(H2,23,24,25). The summed E-state index contributed by atoms with van der Waals surface area (Å²) < 4.78 is 37.0. The van der Waals surface area contributed by atoms with Crippen LogP contribution in [0.25, 0.3) is 0 Å². The summed E-state index contributed by atoms with van der Waals surface area (Å²) in [6.07, 6.45) is 4.43. The molecule has 1 amide bonds. The third kappa shape index (κ3) is 7.59. The van der Waals surface area contributed by atoms with Crippen molar-refractivity contribution in [2.45, 2.75) is 57.9 Å². The normalized spacial score (nSPS) is 16.1. The van der Waals surface area contributed by atoms with E-state index in [-0.39, 0.29) is 24.2 Å². The number of likely N-dealkylation sites (tertiary alicyclic amines) is 1.